The molecule has 1 unspecified atom stereocenters. The summed E-state index contributed by atoms with van der Waals surface area (Å²) in [6, 6.07) is 1.70. The molecule has 0 bridgehead atoms. The fourth-order valence-corrected chi connectivity index (χ4v) is 1.87. The summed E-state index contributed by atoms with van der Waals surface area (Å²) in [5, 5.41) is 0. The number of fused-ring (bicyclic) bond motifs is 1. The summed E-state index contributed by atoms with van der Waals surface area (Å²) in [6.45, 7) is 1.48. The molecule has 2 rings (SSSR count). The van der Waals surface area contributed by atoms with E-state index in [-0.39, 0.29) is 11.6 Å². The van der Waals surface area contributed by atoms with Gasteiger partial charge in [0.1, 0.15) is 5.78 Å². The van der Waals surface area contributed by atoms with Gasteiger partial charge in [0.15, 0.2) is 5.78 Å². The minimum atomic E-state index is -0.426. The number of carbonyl (C=O) groups excluding carboxylic acids is 2. The normalized spacial score (nSPS) is 20.4. The first-order chi connectivity index (χ1) is 6.70. The van der Waals surface area contributed by atoms with Crippen molar-refractivity contribution in [3.05, 3.63) is 29.6 Å². The number of ketones is 2. The van der Waals surface area contributed by atoms with Crippen molar-refractivity contribution in [1.29, 1.82) is 0 Å². The molecule has 0 aromatic carbocycles. The molecule has 1 aromatic heterocycles. The summed E-state index contributed by atoms with van der Waals surface area (Å²) in [7, 11) is 0. The van der Waals surface area contributed by atoms with Crippen LogP contribution in [0.3, 0.4) is 0 Å². The van der Waals surface area contributed by atoms with Crippen LogP contribution in [0.25, 0.3) is 0 Å². The van der Waals surface area contributed by atoms with Crippen LogP contribution in [0.15, 0.2) is 18.5 Å². The Labute approximate surface area is 82.2 Å². The van der Waals surface area contributed by atoms with Gasteiger partial charge in [0.25, 0.3) is 0 Å². The molecule has 72 valence electrons. The average Bonchev–Trinajstić information content (AvgIpc) is 2.18. The van der Waals surface area contributed by atoms with Gasteiger partial charge < -0.3 is 0 Å². The predicted molar refractivity (Wildman–Crippen MR) is 51.1 cm³/mol. The molecule has 0 spiro atoms. The van der Waals surface area contributed by atoms with Gasteiger partial charge in [-0.15, -0.1) is 0 Å². The van der Waals surface area contributed by atoms with Crippen molar-refractivity contribution in [1.82, 2.24) is 4.98 Å². The lowest BCUT2D eigenvalue weighted by Gasteiger charge is -2.20. The zero-order chi connectivity index (χ0) is 10.1. The molecule has 1 aliphatic rings. The molecule has 0 amide bonds. The third-order valence-electron chi connectivity index (χ3n) is 2.68. The quantitative estimate of drug-likeness (QED) is 0.627. The first kappa shape index (κ1) is 9.06. The lowest BCUT2D eigenvalue weighted by atomic mass is 9.82. The number of hydrogen-bond donors (Lipinski definition) is 0. The minimum absolute atomic E-state index is 0.0301. The van der Waals surface area contributed by atoms with Gasteiger partial charge in [-0.05, 0) is 31.4 Å². The van der Waals surface area contributed by atoms with Gasteiger partial charge in [0.05, 0.1) is 5.92 Å². The molecule has 1 aromatic rings. The Morgan fingerprint density at radius 3 is 3.07 bits per heavy atom. The predicted octanol–water partition coefficient (Wildman–Crippen LogP) is 1.42. The molecule has 0 N–H and O–H groups in total. The number of Topliss-reactive ketones (excluding diaryl/α,β-unsaturated/α-hetero) is 2. The number of pyridine rings is 1. The molecule has 0 radical (unpaired) electrons. The zero-order valence-electron chi connectivity index (χ0n) is 7.99. The van der Waals surface area contributed by atoms with Crippen LogP contribution >= 0.6 is 0 Å². The van der Waals surface area contributed by atoms with E-state index in [0.29, 0.717) is 12.0 Å². The van der Waals surface area contributed by atoms with Crippen LogP contribution in [-0.4, -0.2) is 16.6 Å². The molecule has 0 aliphatic heterocycles. The number of aryl methyl sites for hydroxylation is 1. The summed E-state index contributed by atoms with van der Waals surface area (Å²) in [6.07, 6.45) is 4.72. The summed E-state index contributed by atoms with van der Waals surface area (Å²) >= 11 is 0. The van der Waals surface area contributed by atoms with E-state index in [1.165, 1.54) is 6.92 Å². The third kappa shape index (κ3) is 1.35. The monoisotopic (exact) mass is 189 g/mol. The van der Waals surface area contributed by atoms with Crippen molar-refractivity contribution in [2.75, 3.05) is 0 Å². The van der Waals surface area contributed by atoms with Crippen molar-refractivity contribution in [3.63, 3.8) is 0 Å². The van der Waals surface area contributed by atoms with Crippen molar-refractivity contribution in [3.8, 4) is 0 Å². The lowest BCUT2D eigenvalue weighted by Crippen LogP contribution is -2.27. The fraction of sp³-hybridized carbons (Fsp3) is 0.364. The third-order valence-corrected chi connectivity index (χ3v) is 2.68. The number of hydrogen-bond acceptors (Lipinski definition) is 3. The number of nitrogens with zero attached hydrogens (tertiary/aromatic N) is 1. The van der Waals surface area contributed by atoms with E-state index >= 15 is 0 Å². The molecule has 1 atom stereocenters. The average molecular weight is 189 g/mol. The highest BCUT2D eigenvalue weighted by Crippen LogP contribution is 2.25. The molecular formula is C11H11NO2. The Bertz CT molecular complexity index is 398. The van der Waals surface area contributed by atoms with Crippen LogP contribution < -0.4 is 0 Å². The van der Waals surface area contributed by atoms with Crippen LogP contribution in [-0.2, 0) is 11.2 Å². The van der Waals surface area contributed by atoms with Crippen LogP contribution in [0.2, 0.25) is 0 Å². The molecule has 0 saturated heterocycles. The van der Waals surface area contributed by atoms with Gasteiger partial charge in [0.2, 0.25) is 0 Å². The van der Waals surface area contributed by atoms with Gasteiger partial charge in [-0.2, -0.15) is 0 Å². The Balaban J connectivity index is 2.41. The van der Waals surface area contributed by atoms with E-state index in [2.05, 4.69) is 4.98 Å². The number of rotatable bonds is 1. The topological polar surface area (TPSA) is 47.0 Å². The minimum Gasteiger partial charge on any atom is -0.299 e. The second kappa shape index (κ2) is 3.33. The Kier molecular flexibility index (Phi) is 2.15. The Hall–Kier alpha value is -1.51. The van der Waals surface area contributed by atoms with Crippen LogP contribution in [0.1, 0.15) is 29.3 Å². The van der Waals surface area contributed by atoms with E-state index in [9.17, 15) is 9.59 Å². The Morgan fingerprint density at radius 2 is 2.36 bits per heavy atom. The van der Waals surface area contributed by atoms with Gasteiger partial charge in [0, 0.05) is 18.0 Å². The SMILES string of the molecule is CC(=O)C1CCc2cnccc2C1=O. The van der Waals surface area contributed by atoms with Crippen LogP contribution in [0.5, 0.6) is 0 Å². The fourth-order valence-electron chi connectivity index (χ4n) is 1.87. The maximum atomic E-state index is 11.8. The highest BCUT2D eigenvalue weighted by Gasteiger charge is 2.30. The van der Waals surface area contributed by atoms with Crippen molar-refractivity contribution < 1.29 is 9.59 Å². The highest BCUT2D eigenvalue weighted by atomic mass is 16.1. The maximum absolute atomic E-state index is 11.8. The zero-order valence-corrected chi connectivity index (χ0v) is 7.99. The van der Waals surface area contributed by atoms with Crippen molar-refractivity contribution >= 4 is 11.6 Å². The first-order valence-corrected chi connectivity index (χ1v) is 4.67. The van der Waals surface area contributed by atoms with E-state index in [4.69, 9.17) is 0 Å². The van der Waals surface area contributed by atoms with Gasteiger partial charge in [-0.25, -0.2) is 0 Å². The molecule has 3 heteroatoms. The summed E-state index contributed by atoms with van der Waals surface area (Å²) < 4.78 is 0. The van der Waals surface area contributed by atoms with Crippen LogP contribution in [0.4, 0.5) is 0 Å². The van der Waals surface area contributed by atoms with E-state index < -0.39 is 5.92 Å². The molecular weight excluding hydrogens is 178 g/mol. The van der Waals surface area contributed by atoms with E-state index in [1.54, 1.807) is 18.5 Å². The van der Waals surface area contributed by atoms with Gasteiger partial charge in [-0.3, -0.25) is 14.6 Å². The van der Waals surface area contributed by atoms with Crippen LogP contribution in [0, 0.1) is 5.92 Å². The second-order valence-corrected chi connectivity index (χ2v) is 3.60. The summed E-state index contributed by atoms with van der Waals surface area (Å²) in [4.78, 5) is 27.0. The molecule has 0 saturated carbocycles. The lowest BCUT2D eigenvalue weighted by molar-refractivity contribution is -0.119. The smallest absolute Gasteiger partial charge is 0.173 e. The van der Waals surface area contributed by atoms with Gasteiger partial charge >= 0.3 is 0 Å². The highest BCUT2D eigenvalue weighted by molar-refractivity contribution is 6.11. The molecule has 1 heterocycles. The van der Waals surface area contributed by atoms with Crippen molar-refractivity contribution in [2.45, 2.75) is 19.8 Å². The van der Waals surface area contributed by atoms with Gasteiger partial charge in [-0.1, -0.05) is 0 Å². The second-order valence-electron chi connectivity index (χ2n) is 3.60. The molecule has 14 heavy (non-hydrogen) atoms. The Morgan fingerprint density at radius 1 is 1.57 bits per heavy atom. The largest absolute Gasteiger partial charge is 0.299 e. The van der Waals surface area contributed by atoms with E-state index in [0.717, 1.165) is 12.0 Å². The summed E-state index contributed by atoms with van der Waals surface area (Å²) in [5.74, 6) is -0.497. The number of carbonyl (C=O) groups is 2. The standard InChI is InChI=1S/C11H11NO2/c1-7(13)9-3-2-8-6-12-5-4-10(8)11(9)14/h4-6,9H,2-3H2,1H3. The molecule has 0 fully saturated rings. The number of aromatic nitrogens is 1. The summed E-state index contributed by atoms with van der Waals surface area (Å²) in [5.41, 5.74) is 1.64. The van der Waals surface area contributed by atoms with Crippen molar-refractivity contribution in [2.24, 2.45) is 5.92 Å². The molecule has 1 aliphatic carbocycles. The first-order valence-electron chi connectivity index (χ1n) is 4.67. The maximum Gasteiger partial charge on any atom is 0.173 e. The van der Waals surface area contributed by atoms with E-state index in [1.807, 2.05) is 0 Å². The molecule has 3 nitrogen and oxygen atoms in total.